The maximum absolute atomic E-state index is 13.7. The topological polar surface area (TPSA) is 96.2 Å². The van der Waals surface area contributed by atoms with Crippen LogP contribution in [0.2, 0.25) is 0 Å². The van der Waals surface area contributed by atoms with Gasteiger partial charge < -0.3 is 10.6 Å². The smallest absolute Gasteiger partial charge is 0.272 e. The number of nitrogens with zero attached hydrogens (tertiary/aromatic N) is 3. The number of hydrogen-bond donors (Lipinski definition) is 3. The lowest BCUT2D eigenvalue weighted by Crippen LogP contribution is -2.31. The molecule has 0 atom stereocenters. The van der Waals surface area contributed by atoms with Gasteiger partial charge in [-0.25, -0.2) is 14.4 Å². The Morgan fingerprint density at radius 1 is 1.11 bits per heavy atom. The van der Waals surface area contributed by atoms with Gasteiger partial charge in [0.15, 0.2) is 11.6 Å². The van der Waals surface area contributed by atoms with Crippen molar-refractivity contribution in [3.8, 4) is 0 Å². The van der Waals surface area contributed by atoms with Crippen molar-refractivity contribution in [1.29, 1.82) is 0 Å². The van der Waals surface area contributed by atoms with Crippen LogP contribution in [0.3, 0.4) is 0 Å². The van der Waals surface area contributed by atoms with Gasteiger partial charge in [0.1, 0.15) is 17.8 Å². The first-order chi connectivity index (χ1) is 13.1. The van der Waals surface area contributed by atoms with E-state index in [4.69, 9.17) is 5.73 Å². The Bertz CT molecular complexity index is 934. The van der Waals surface area contributed by atoms with E-state index in [0.29, 0.717) is 12.4 Å². The van der Waals surface area contributed by atoms with Gasteiger partial charge in [0.25, 0.3) is 5.91 Å². The number of hydrogen-bond acceptors (Lipinski definition) is 6. The quantitative estimate of drug-likeness (QED) is 0.580. The molecule has 3 rings (SSSR count). The zero-order valence-corrected chi connectivity index (χ0v) is 14.7. The van der Waals surface area contributed by atoms with E-state index < -0.39 is 11.7 Å². The van der Waals surface area contributed by atoms with Crippen LogP contribution in [0.1, 0.15) is 15.9 Å². The van der Waals surface area contributed by atoms with Crippen molar-refractivity contribution in [1.82, 2.24) is 15.4 Å². The number of nitrogen functional groups attached to an aromatic ring is 1. The van der Waals surface area contributed by atoms with Crippen LogP contribution in [0.4, 0.5) is 21.7 Å². The molecule has 4 N–H and O–H groups in total. The minimum absolute atomic E-state index is 0.0842. The predicted molar refractivity (Wildman–Crippen MR) is 102 cm³/mol. The lowest BCUT2D eigenvalue weighted by atomic mass is 10.2. The summed E-state index contributed by atoms with van der Waals surface area (Å²) in [7, 11) is 1.85. The van der Waals surface area contributed by atoms with Crippen LogP contribution < -0.4 is 21.5 Å². The fraction of sp³-hybridized carbons (Fsp3) is 0.105. The monoisotopic (exact) mass is 366 g/mol. The van der Waals surface area contributed by atoms with E-state index in [2.05, 4.69) is 20.8 Å². The molecule has 0 spiro atoms. The second-order valence-electron chi connectivity index (χ2n) is 5.86. The summed E-state index contributed by atoms with van der Waals surface area (Å²) in [5, 5.41) is 0. The summed E-state index contributed by atoms with van der Waals surface area (Å²) in [6.07, 6.45) is 1.34. The van der Waals surface area contributed by atoms with E-state index in [9.17, 15) is 9.18 Å². The molecule has 0 aliphatic carbocycles. The van der Waals surface area contributed by atoms with Crippen LogP contribution in [0.25, 0.3) is 0 Å². The van der Waals surface area contributed by atoms with Crippen LogP contribution in [-0.4, -0.2) is 22.9 Å². The third kappa shape index (κ3) is 4.30. The van der Waals surface area contributed by atoms with E-state index in [1.807, 2.05) is 42.3 Å². The molecule has 0 radical (unpaired) electrons. The second-order valence-corrected chi connectivity index (χ2v) is 5.86. The molecule has 0 saturated carbocycles. The van der Waals surface area contributed by atoms with Crippen LogP contribution in [-0.2, 0) is 6.54 Å². The van der Waals surface area contributed by atoms with Gasteiger partial charge in [-0.3, -0.25) is 15.6 Å². The van der Waals surface area contributed by atoms with Gasteiger partial charge in [-0.2, -0.15) is 0 Å². The lowest BCUT2D eigenvalue weighted by Gasteiger charge is -2.21. The average Bonchev–Trinajstić information content (AvgIpc) is 2.68. The van der Waals surface area contributed by atoms with Crippen molar-refractivity contribution in [2.24, 2.45) is 0 Å². The number of carbonyl (C=O) groups is 1. The van der Waals surface area contributed by atoms with Crippen LogP contribution in [0.5, 0.6) is 0 Å². The van der Waals surface area contributed by atoms with Crippen LogP contribution in [0, 0.1) is 5.82 Å². The number of anilines is 3. The zero-order valence-electron chi connectivity index (χ0n) is 14.7. The average molecular weight is 366 g/mol. The Morgan fingerprint density at radius 3 is 2.56 bits per heavy atom. The van der Waals surface area contributed by atoms with Crippen molar-refractivity contribution >= 4 is 23.2 Å². The Morgan fingerprint density at radius 2 is 1.81 bits per heavy atom. The van der Waals surface area contributed by atoms with Gasteiger partial charge in [-0.15, -0.1) is 0 Å². The highest BCUT2D eigenvalue weighted by molar-refractivity contribution is 5.95. The third-order valence-corrected chi connectivity index (χ3v) is 3.90. The molecule has 0 saturated heterocycles. The molecule has 1 heterocycles. The number of halogens is 1. The Labute approximate surface area is 156 Å². The van der Waals surface area contributed by atoms with E-state index >= 15 is 0 Å². The summed E-state index contributed by atoms with van der Waals surface area (Å²) in [6, 6.07) is 15.5. The second kappa shape index (κ2) is 8.13. The SMILES string of the molecule is CN(Cc1ccccc1)c1ncnc(NNC(=O)c2ccccc2F)c1N. The van der Waals surface area contributed by atoms with Crippen LogP contribution >= 0.6 is 0 Å². The Kier molecular flexibility index (Phi) is 5.46. The first kappa shape index (κ1) is 18.1. The van der Waals surface area contributed by atoms with E-state index in [1.165, 1.54) is 24.5 Å². The molecule has 3 aromatic rings. The normalized spacial score (nSPS) is 10.3. The fourth-order valence-corrected chi connectivity index (χ4v) is 2.55. The van der Waals surface area contributed by atoms with E-state index in [1.54, 1.807) is 6.07 Å². The van der Waals surface area contributed by atoms with Gasteiger partial charge in [-0.1, -0.05) is 42.5 Å². The maximum Gasteiger partial charge on any atom is 0.272 e. The molecule has 2 aromatic carbocycles. The maximum atomic E-state index is 13.7. The highest BCUT2D eigenvalue weighted by Crippen LogP contribution is 2.25. The minimum atomic E-state index is -0.634. The van der Waals surface area contributed by atoms with Gasteiger partial charge in [0, 0.05) is 13.6 Å². The number of amides is 1. The summed E-state index contributed by atoms with van der Waals surface area (Å²) in [5.41, 5.74) is 12.4. The summed E-state index contributed by atoms with van der Waals surface area (Å²) < 4.78 is 13.7. The molecule has 0 aliphatic rings. The molecule has 138 valence electrons. The van der Waals surface area contributed by atoms with E-state index in [0.717, 1.165) is 5.56 Å². The molecular formula is C19H19FN6O. The van der Waals surface area contributed by atoms with Gasteiger partial charge in [0.2, 0.25) is 0 Å². The number of carbonyl (C=O) groups excluding carboxylic acids is 1. The molecule has 8 heteroatoms. The summed E-state index contributed by atoms with van der Waals surface area (Å²) in [4.78, 5) is 22.2. The largest absolute Gasteiger partial charge is 0.393 e. The molecule has 0 aliphatic heterocycles. The molecule has 27 heavy (non-hydrogen) atoms. The standard InChI is InChI=1S/C19H19FN6O/c1-26(11-13-7-3-2-4-8-13)18-16(21)17(22-12-23-18)24-25-19(27)14-9-5-6-10-15(14)20/h2-10,12H,11,21H2,1H3,(H,25,27)(H,22,23,24). The van der Waals surface area contributed by atoms with Gasteiger partial charge >= 0.3 is 0 Å². The highest BCUT2D eigenvalue weighted by atomic mass is 19.1. The zero-order chi connectivity index (χ0) is 19.2. The highest BCUT2D eigenvalue weighted by Gasteiger charge is 2.15. The molecule has 0 fully saturated rings. The van der Waals surface area contributed by atoms with Gasteiger partial charge in [-0.05, 0) is 17.7 Å². The number of nitrogens with one attached hydrogen (secondary N) is 2. The molecule has 0 unspecified atom stereocenters. The van der Waals surface area contributed by atoms with Gasteiger partial charge in [0.05, 0.1) is 5.56 Å². The van der Waals surface area contributed by atoms with Crippen molar-refractivity contribution in [2.75, 3.05) is 23.1 Å². The number of benzene rings is 2. The Balaban J connectivity index is 1.71. The number of nitrogens with two attached hydrogens (primary N) is 1. The third-order valence-electron chi connectivity index (χ3n) is 3.90. The number of hydrazine groups is 1. The van der Waals surface area contributed by atoms with Crippen molar-refractivity contribution in [3.63, 3.8) is 0 Å². The van der Waals surface area contributed by atoms with Crippen LogP contribution in [0.15, 0.2) is 60.9 Å². The fourth-order valence-electron chi connectivity index (χ4n) is 2.55. The lowest BCUT2D eigenvalue weighted by molar-refractivity contribution is 0.0958. The summed E-state index contributed by atoms with van der Waals surface area (Å²) in [6.45, 7) is 0.600. The first-order valence-electron chi connectivity index (χ1n) is 8.22. The molecule has 1 amide bonds. The molecule has 1 aromatic heterocycles. The minimum Gasteiger partial charge on any atom is -0.393 e. The van der Waals surface area contributed by atoms with Crippen molar-refractivity contribution in [2.45, 2.75) is 6.54 Å². The summed E-state index contributed by atoms with van der Waals surface area (Å²) in [5.74, 6) is -0.512. The summed E-state index contributed by atoms with van der Waals surface area (Å²) >= 11 is 0. The van der Waals surface area contributed by atoms with E-state index in [-0.39, 0.29) is 17.1 Å². The molecule has 0 bridgehead atoms. The Hall–Kier alpha value is -3.68. The number of aromatic nitrogens is 2. The predicted octanol–water partition coefficient (Wildman–Crippen LogP) is 2.59. The van der Waals surface area contributed by atoms with Crippen molar-refractivity contribution in [3.05, 3.63) is 77.9 Å². The first-order valence-corrected chi connectivity index (χ1v) is 8.22. The number of rotatable bonds is 6. The van der Waals surface area contributed by atoms with Crippen molar-refractivity contribution < 1.29 is 9.18 Å². The molecular weight excluding hydrogens is 347 g/mol. The molecule has 7 nitrogen and oxygen atoms in total.